The smallest absolute Gasteiger partial charge is 0.344 e. The summed E-state index contributed by atoms with van der Waals surface area (Å²) < 4.78 is 24.2. The van der Waals surface area contributed by atoms with Gasteiger partial charge in [0.1, 0.15) is 11.2 Å². The van der Waals surface area contributed by atoms with Crippen LogP contribution in [0, 0.1) is 22.7 Å². The van der Waals surface area contributed by atoms with Crippen LogP contribution in [0.1, 0.15) is 82.7 Å². The van der Waals surface area contributed by atoms with E-state index in [0.717, 1.165) is 65.9 Å². The molecule has 5 aliphatic heterocycles. The van der Waals surface area contributed by atoms with Gasteiger partial charge in [-0.1, -0.05) is 58.0 Å². The van der Waals surface area contributed by atoms with Crippen molar-refractivity contribution in [1.82, 2.24) is 14.8 Å². The summed E-state index contributed by atoms with van der Waals surface area (Å²) in [5.74, 6) is -0.877. The predicted octanol–water partition coefficient (Wildman–Crippen LogP) is 5.51. The number of ether oxygens (including phenoxy) is 4. The molecule has 0 amide bonds. The number of para-hydroxylation sites is 1. The molecule has 2 bridgehead atoms. The Labute approximate surface area is 353 Å². The lowest BCUT2D eigenvalue weighted by atomic mass is 9.47. The first kappa shape index (κ1) is 41.0. The fraction of sp³-hybridized carbons (Fsp3) is 0.604. The number of hydrogen-bond donors (Lipinski definition) is 2. The van der Waals surface area contributed by atoms with Crippen molar-refractivity contribution in [2.45, 2.75) is 101 Å². The molecular formula is C48H62N4O8. The molecule has 0 radical (unpaired) electrons. The van der Waals surface area contributed by atoms with Crippen molar-refractivity contribution in [3.05, 3.63) is 70.9 Å². The fourth-order valence-electron chi connectivity index (χ4n) is 14.0. The van der Waals surface area contributed by atoms with E-state index in [1.54, 1.807) is 7.11 Å². The summed E-state index contributed by atoms with van der Waals surface area (Å²) in [4.78, 5) is 53.8. The summed E-state index contributed by atoms with van der Waals surface area (Å²) in [6, 6.07) is 11.3. The molecule has 5 unspecified atom stereocenters. The number of likely N-dealkylation sites (N-methyl/N-ethyl adjacent to an activating group) is 1. The number of carbonyl (C=O) groups is 3. The minimum absolute atomic E-state index is 0.0338. The van der Waals surface area contributed by atoms with Crippen LogP contribution in [0.25, 0.3) is 10.9 Å². The third-order valence-electron chi connectivity index (χ3n) is 16.9. The lowest BCUT2D eigenvalue weighted by Gasteiger charge is -2.63. The molecule has 1 aromatic heterocycles. The van der Waals surface area contributed by atoms with Crippen LogP contribution in [0.3, 0.4) is 0 Å². The van der Waals surface area contributed by atoms with Crippen LogP contribution in [0.2, 0.25) is 0 Å². The van der Waals surface area contributed by atoms with Gasteiger partial charge in [-0.2, -0.15) is 0 Å². The number of hydrogen-bond acceptors (Lipinski definition) is 11. The number of aliphatic hydroxyl groups is 1. The predicted molar refractivity (Wildman–Crippen MR) is 228 cm³/mol. The average Bonchev–Trinajstić information content (AvgIpc) is 3.91. The quantitative estimate of drug-likeness (QED) is 0.178. The van der Waals surface area contributed by atoms with Crippen molar-refractivity contribution in [2.24, 2.45) is 22.7 Å². The molecule has 11 atom stereocenters. The Kier molecular flexibility index (Phi) is 9.61. The molecule has 322 valence electrons. The monoisotopic (exact) mass is 822 g/mol. The highest BCUT2D eigenvalue weighted by Crippen LogP contribution is 2.68. The SMILES string of the molecule is CCC1(C)CN2CCc3c([nH]c4ccccc34)[C@@](C(=O)OC)(c3cc4c(cc3OC)N(C)[C@H]3C(O)(C(=O)OC)[C@H](OC(C)=O)[C@]5(CC)C=CCN6CC[C@]43[C@@H]65)CC(C2)C1C. The Hall–Kier alpha value is -4.39. The number of nitrogens with one attached hydrogen (secondary N) is 1. The number of piperidine rings is 1. The summed E-state index contributed by atoms with van der Waals surface area (Å²) in [5.41, 5.74) is -0.124. The summed E-state index contributed by atoms with van der Waals surface area (Å²) >= 11 is 0. The third-order valence-corrected chi connectivity index (χ3v) is 16.9. The highest BCUT2D eigenvalue weighted by molar-refractivity contribution is 5.95. The van der Waals surface area contributed by atoms with Gasteiger partial charge in [0, 0.05) is 90.9 Å². The molecular weight excluding hydrogens is 761 g/mol. The van der Waals surface area contributed by atoms with Crippen molar-refractivity contribution in [3.63, 3.8) is 0 Å². The lowest BCUT2D eigenvalue weighted by molar-refractivity contribution is -0.228. The van der Waals surface area contributed by atoms with Crippen molar-refractivity contribution in [3.8, 4) is 5.75 Å². The number of aromatic nitrogens is 1. The highest BCUT2D eigenvalue weighted by Gasteiger charge is 2.80. The van der Waals surface area contributed by atoms with Crippen molar-refractivity contribution in [1.29, 1.82) is 0 Å². The Morgan fingerprint density at radius 2 is 1.73 bits per heavy atom. The molecule has 60 heavy (non-hydrogen) atoms. The Morgan fingerprint density at radius 1 is 0.983 bits per heavy atom. The normalized spacial score (nSPS) is 37.8. The van der Waals surface area contributed by atoms with E-state index in [0.29, 0.717) is 43.7 Å². The summed E-state index contributed by atoms with van der Waals surface area (Å²) in [6.07, 6.45) is 6.23. The number of rotatable bonds is 7. The molecule has 6 aliphatic rings. The minimum atomic E-state index is -2.28. The van der Waals surface area contributed by atoms with E-state index < -0.39 is 45.9 Å². The van der Waals surface area contributed by atoms with E-state index in [-0.39, 0.29) is 29.3 Å². The van der Waals surface area contributed by atoms with Crippen molar-refractivity contribution < 1.29 is 38.4 Å². The molecule has 9 rings (SSSR count). The molecule has 2 aromatic carbocycles. The van der Waals surface area contributed by atoms with Crippen LogP contribution in [-0.4, -0.2) is 123 Å². The number of nitrogens with zero attached hydrogens (tertiary/aromatic N) is 3. The maximum Gasteiger partial charge on any atom is 0.344 e. The second kappa shape index (κ2) is 14.1. The number of benzene rings is 2. The van der Waals surface area contributed by atoms with Gasteiger partial charge in [-0.15, -0.1) is 0 Å². The van der Waals surface area contributed by atoms with E-state index >= 15 is 4.79 Å². The number of aromatic amines is 1. The van der Waals surface area contributed by atoms with Crippen molar-refractivity contribution >= 4 is 34.5 Å². The molecule has 12 heteroatoms. The van der Waals surface area contributed by atoms with Gasteiger partial charge < -0.3 is 38.8 Å². The fourth-order valence-corrected chi connectivity index (χ4v) is 14.0. The second-order valence-corrected chi connectivity index (χ2v) is 19.1. The van der Waals surface area contributed by atoms with Gasteiger partial charge >= 0.3 is 17.9 Å². The Morgan fingerprint density at radius 3 is 2.42 bits per heavy atom. The van der Waals surface area contributed by atoms with E-state index in [1.807, 2.05) is 31.0 Å². The number of H-pyrrole nitrogens is 1. The largest absolute Gasteiger partial charge is 0.496 e. The minimum Gasteiger partial charge on any atom is -0.496 e. The van der Waals surface area contributed by atoms with E-state index in [1.165, 1.54) is 21.1 Å². The number of anilines is 1. The van der Waals surface area contributed by atoms with Crippen LogP contribution < -0.4 is 9.64 Å². The van der Waals surface area contributed by atoms with Gasteiger partial charge in [-0.05, 0) is 79.2 Å². The zero-order valence-corrected chi connectivity index (χ0v) is 36.7. The van der Waals surface area contributed by atoms with Crippen LogP contribution in [0.15, 0.2) is 48.6 Å². The van der Waals surface area contributed by atoms with Crippen LogP contribution in [0.4, 0.5) is 5.69 Å². The van der Waals surface area contributed by atoms with Crippen LogP contribution >= 0.6 is 0 Å². The molecule has 3 fully saturated rings. The number of methoxy groups -OCH3 is 3. The lowest BCUT2D eigenvalue weighted by Crippen LogP contribution is -2.81. The van der Waals surface area contributed by atoms with Gasteiger partial charge in [-0.3, -0.25) is 14.5 Å². The Bertz CT molecular complexity index is 2290. The van der Waals surface area contributed by atoms with Crippen LogP contribution in [-0.2, 0) is 45.8 Å². The van der Waals surface area contributed by atoms with Crippen molar-refractivity contribution in [2.75, 3.05) is 66.0 Å². The molecule has 6 heterocycles. The zero-order valence-electron chi connectivity index (χ0n) is 36.7. The summed E-state index contributed by atoms with van der Waals surface area (Å²) in [7, 11) is 6.30. The standard InChI is InChI=1S/C48H62N4O8/c1-10-44(5)27-51-21-17-32-31-15-12-13-16-35(31)49-38(32)47(42(54)58-8,25-30(26-51)28(44)3)34-23-33-36(24-37(34)57-7)50(6)40-46(33)19-22-52-20-14-18-45(11-2,39(46)52)41(60-29(4)53)48(40,56)43(55)59-9/h12-16,18,23-24,28,30,39-41,49,56H,10-11,17,19-22,25-27H2,1-9H3/t28?,30?,39-,40+,41+,44?,45+,46+,47-,48?/m0/s1. The van der Waals surface area contributed by atoms with E-state index in [2.05, 4.69) is 72.0 Å². The van der Waals surface area contributed by atoms with E-state index in [4.69, 9.17) is 18.9 Å². The third kappa shape index (κ3) is 5.10. The van der Waals surface area contributed by atoms with Gasteiger partial charge in [0.05, 0.1) is 27.4 Å². The first-order valence-electron chi connectivity index (χ1n) is 21.9. The Balaban J connectivity index is 1.37. The molecule has 1 saturated carbocycles. The van der Waals surface area contributed by atoms with Gasteiger partial charge in [0.15, 0.2) is 6.10 Å². The topological polar surface area (TPSA) is 134 Å². The first-order chi connectivity index (χ1) is 28.7. The zero-order chi connectivity index (χ0) is 42.7. The maximum absolute atomic E-state index is 15.5. The van der Waals surface area contributed by atoms with E-state index in [9.17, 15) is 14.7 Å². The first-order valence-corrected chi connectivity index (χ1v) is 21.9. The molecule has 2 N–H and O–H groups in total. The second-order valence-electron chi connectivity index (χ2n) is 19.1. The molecule has 1 aliphatic carbocycles. The van der Waals surface area contributed by atoms with Gasteiger partial charge in [0.25, 0.3) is 0 Å². The maximum atomic E-state index is 15.5. The molecule has 2 saturated heterocycles. The molecule has 1 spiro atoms. The van der Waals surface area contributed by atoms with Crippen LogP contribution in [0.5, 0.6) is 5.75 Å². The number of fused-ring (bicyclic) bond motifs is 6. The number of carbonyl (C=O) groups excluding carboxylic acids is 3. The van der Waals surface area contributed by atoms with Gasteiger partial charge in [-0.25, -0.2) is 4.79 Å². The molecule has 3 aromatic rings. The average molecular weight is 823 g/mol. The number of esters is 3. The summed E-state index contributed by atoms with van der Waals surface area (Å²) in [5, 5.41) is 14.5. The molecule has 12 nitrogen and oxygen atoms in total. The van der Waals surface area contributed by atoms with Gasteiger partial charge in [0.2, 0.25) is 5.60 Å². The summed E-state index contributed by atoms with van der Waals surface area (Å²) in [6.45, 7) is 14.5. The highest BCUT2D eigenvalue weighted by atomic mass is 16.6.